The van der Waals surface area contributed by atoms with Gasteiger partial charge in [-0.2, -0.15) is 0 Å². The Balaban J connectivity index is 2.77. The molecule has 0 aliphatic heterocycles. The highest BCUT2D eigenvalue weighted by Gasteiger charge is 2.27. The van der Waals surface area contributed by atoms with E-state index in [0.29, 0.717) is 0 Å². The largest absolute Gasteiger partial charge is 0.481 e. The summed E-state index contributed by atoms with van der Waals surface area (Å²) in [7, 11) is 1.57. The summed E-state index contributed by atoms with van der Waals surface area (Å²) in [6.45, 7) is 3.77. The lowest BCUT2D eigenvalue weighted by Crippen LogP contribution is -2.50. The molecule has 5 nitrogen and oxygen atoms in total. The van der Waals surface area contributed by atoms with Crippen molar-refractivity contribution in [2.45, 2.75) is 31.8 Å². The van der Waals surface area contributed by atoms with Crippen LogP contribution in [-0.4, -0.2) is 30.1 Å². The Labute approximate surface area is 113 Å². The average Bonchev–Trinajstić information content (AvgIpc) is 2.36. The highest BCUT2D eigenvalue weighted by Crippen LogP contribution is 2.19. The molecule has 0 bridgehead atoms. The Kier molecular flexibility index (Phi) is 5.06. The van der Waals surface area contributed by atoms with Gasteiger partial charge in [0.15, 0.2) is 0 Å². The number of carbonyl (C=O) groups excluding carboxylic acids is 1. The van der Waals surface area contributed by atoms with Crippen molar-refractivity contribution in [2.75, 3.05) is 7.05 Å². The van der Waals surface area contributed by atoms with Crippen LogP contribution in [0.5, 0.6) is 0 Å². The molecule has 0 fully saturated rings. The van der Waals surface area contributed by atoms with Gasteiger partial charge in [-0.1, -0.05) is 30.3 Å². The molecular weight excluding hydrogens is 244 g/mol. The molecule has 0 unspecified atom stereocenters. The van der Waals surface area contributed by atoms with E-state index in [1.54, 1.807) is 7.05 Å². The first-order chi connectivity index (χ1) is 8.86. The molecule has 104 valence electrons. The molecule has 0 saturated heterocycles. The van der Waals surface area contributed by atoms with E-state index in [4.69, 9.17) is 5.11 Å². The maximum Gasteiger partial charge on any atom is 0.305 e. The maximum absolute atomic E-state index is 12.1. The fourth-order valence-corrected chi connectivity index (χ4v) is 1.82. The monoisotopic (exact) mass is 264 g/mol. The van der Waals surface area contributed by atoms with E-state index < -0.39 is 17.6 Å². The van der Waals surface area contributed by atoms with Gasteiger partial charge in [0.1, 0.15) is 0 Å². The van der Waals surface area contributed by atoms with Crippen LogP contribution in [0.3, 0.4) is 0 Å². The summed E-state index contributed by atoms with van der Waals surface area (Å²) in [6, 6.07) is 8.81. The van der Waals surface area contributed by atoms with Crippen LogP contribution in [0.2, 0.25) is 0 Å². The molecule has 0 aliphatic rings. The number of hydrogen-bond donors (Lipinski definition) is 3. The number of likely N-dealkylation sites (N-methyl/N-ethyl adjacent to an activating group) is 1. The van der Waals surface area contributed by atoms with Crippen LogP contribution in [-0.2, 0) is 15.1 Å². The average molecular weight is 264 g/mol. The minimum absolute atomic E-state index is 0.243. The number of aliphatic carboxylic acids is 1. The van der Waals surface area contributed by atoms with Crippen LogP contribution in [0.4, 0.5) is 0 Å². The molecule has 1 aromatic rings. The minimum Gasteiger partial charge on any atom is -0.481 e. The van der Waals surface area contributed by atoms with E-state index in [9.17, 15) is 9.59 Å². The molecule has 1 rings (SSSR count). The lowest BCUT2D eigenvalue weighted by Gasteiger charge is -2.29. The predicted molar refractivity (Wildman–Crippen MR) is 72.7 cm³/mol. The zero-order chi connectivity index (χ0) is 14.5. The zero-order valence-corrected chi connectivity index (χ0v) is 11.4. The summed E-state index contributed by atoms with van der Waals surface area (Å²) in [4.78, 5) is 22.8. The van der Waals surface area contributed by atoms with Crippen molar-refractivity contribution in [1.82, 2.24) is 10.6 Å². The Hall–Kier alpha value is -1.88. The minimum atomic E-state index is -1.01. The van der Waals surface area contributed by atoms with Crippen LogP contribution in [0.1, 0.15) is 25.8 Å². The molecule has 0 aliphatic carbocycles. The molecule has 0 saturated carbocycles. The van der Waals surface area contributed by atoms with Gasteiger partial charge in [-0.05, 0) is 26.5 Å². The van der Waals surface area contributed by atoms with Crippen molar-refractivity contribution < 1.29 is 14.7 Å². The van der Waals surface area contributed by atoms with Gasteiger partial charge in [0.05, 0.1) is 18.0 Å². The number of amides is 1. The van der Waals surface area contributed by atoms with Crippen molar-refractivity contribution in [2.24, 2.45) is 0 Å². The molecule has 1 aromatic carbocycles. The molecule has 3 N–H and O–H groups in total. The fraction of sp³-hybridized carbons (Fsp3) is 0.429. The summed E-state index contributed by atoms with van der Waals surface area (Å²) in [5.41, 5.74) is 0.417. The molecule has 19 heavy (non-hydrogen) atoms. The highest BCUT2D eigenvalue weighted by atomic mass is 16.4. The first kappa shape index (κ1) is 15.2. The Bertz CT molecular complexity index is 443. The van der Waals surface area contributed by atoms with Crippen molar-refractivity contribution in [1.29, 1.82) is 0 Å². The van der Waals surface area contributed by atoms with Crippen molar-refractivity contribution in [3.05, 3.63) is 35.9 Å². The molecule has 1 atom stereocenters. The summed E-state index contributed by atoms with van der Waals surface area (Å²) in [5.74, 6) is -1.33. The molecular formula is C14H20N2O3. The van der Waals surface area contributed by atoms with Gasteiger partial charge < -0.3 is 15.7 Å². The van der Waals surface area contributed by atoms with Crippen LogP contribution >= 0.6 is 0 Å². The van der Waals surface area contributed by atoms with Crippen LogP contribution in [0, 0.1) is 0 Å². The lowest BCUT2D eigenvalue weighted by atomic mass is 9.94. The van der Waals surface area contributed by atoms with E-state index in [2.05, 4.69) is 10.6 Å². The van der Waals surface area contributed by atoms with Crippen LogP contribution in [0.15, 0.2) is 30.3 Å². The third-order valence-electron chi connectivity index (χ3n) is 2.97. The van der Waals surface area contributed by atoms with Gasteiger partial charge >= 0.3 is 5.97 Å². The normalized spacial score (nSPS) is 12.8. The second-order valence-electron chi connectivity index (χ2n) is 4.92. The zero-order valence-electron chi connectivity index (χ0n) is 11.4. The molecule has 0 aromatic heterocycles. The van der Waals surface area contributed by atoms with E-state index in [0.717, 1.165) is 5.56 Å². The quantitative estimate of drug-likeness (QED) is 0.719. The SMILES string of the molecule is CN[C@@H](CC(=O)O)C(=O)NC(C)(C)c1ccccc1. The Morgan fingerprint density at radius 2 is 1.84 bits per heavy atom. The van der Waals surface area contributed by atoms with Gasteiger partial charge in [0.25, 0.3) is 0 Å². The number of benzene rings is 1. The van der Waals surface area contributed by atoms with Crippen molar-refractivity contribution in [3.8, 4) is 0 Å². The summed E-state index contributed by atoms with van der Waals surface area (Å²) in [6.07, 6.45) is -0.243. The van der Waals surface area contributed by atoms with Crippen molar-refractivity contribution in [3.63, 3.8) is 0 Å². The van der Waals surface area contributed by atoms with Gasteiger partial charge in [-0.15, -0.1) is 0 Å². The number of nitrogens with one attached hydrogen (secondary N) is 2. The first-order valence-electron chi connectivity index (χ1n) is 6.13. The fourth-order valence-electron chi connectivity index (χ4n) is 1.82. The number of rotatable bonds is 6. The lowest BCUT2D eigenvalue weighted by molar-refractivity contribution is -0.140. The number of hydrogen-bond acceptors (Lipinski definition) is 3. The summed E-state index contributed by atoms with van der Waals surface area (Å²) < 4.78 is 0. The van der Waals surface area contributed by atoms with Gasteiger partial charge in [0, 0.05) is 0 Å². The van der Waals surface area contributed by atoms with Gasteiger partial charge in [0.2, 0.25) is 5.91 Å². The molecule has 0 spiro atoms. The van der Waals surface area contributed by atoms with E-state index >= 15 is 0 Å². The van der Waals surface area contributed by atoms with E-state index in [-0.39, 0.29) is 12.3 Å². The maximum atomic E-state index is 12.1. The van der Waals surface area contributed by atoms with E-state index in [1.807, 2.05) is 44.2 Å². The molecule has 5 heteroatoms. The van der Waals surface area contributed by atoms with Crippen LogP contribution in [0.25, 0.3) is 0 Å². The standard InChI is InChI=1S/C14H20N2O3/c1-14(2,10-7-5-4-6-8-10)16-13(19)11(15-3)9-12(17)18/h4-8,11,15H,9H2,1-3H3,(H,16,19)(H,17,18)/t11-/m0/s1. The topological polar surface area (TPSA) is 78.4 Å². The third-order valence-corrected chi connectivity index (χ3v) is 2.97. The first-order valence-corrected chi connectivity index (χ1v) is 6.13. The predicted octanol–water partition coefficient (Wildman–Crippen LogP) is 1.10. The highest BCUT2D eigenvalue weighted by molar-refractivity contribution is 5.86. The van der Waals surface area contributed by atoms with Gasteiger partial charge in [-0.25, -0.2) is 0 Å². The smallest absolute Gasteiger partial charge is 0.305 e. The Morgan fingerprint density at radius 3 is 2.32 bits per heavy atom. The van der Waals surface area contributed by atoms with Crippen LogP contribution < -0.4 is 10.6 Å². The molecule has 1 amide bonds. The van der Waals surface area contributed by atoms with E-state index in [1.165, 1.54) is 0 Å². The molecule has 0 radical (unpaired) electrons. The van der Waals surface area contributed by atoms with Gasteiger partial charge in [-0.3, -0.25) is 9.59 Å². The third kappa shape index (κ3) is 4.37. The second kappa shape index (κ2) is 6.33. The summed E-state index contributed by atoms with van der Waals surface area (Å²) in [5, 5.41) is 14.3. The van der Waals surface area contributed by atoms with Crippen molar-refractivity contribution >= 4 is 11.9 Å². The Morgan fingerprint density at radius 1 is 1.26 bits per heavy atom. The molecule has 0 heterocycles. The summed E-state index contributed by atoms with van der Waals surface area (Å²) >= 11 is 0. The second-order valence-corrected chi connectivity index (χ2v) is 4.92. The number of carbonyl (C=O) groups is 2. The number of carboxylic acids is 1. The number of carboxylic acid groups (broad SMARTS) is 1.